The van der Waals surface area contributed by atoms with Crippen LogP contribution in [0.1, 0.15) is 15.9 Å². The summed E-state index contributed by atoms with van der Waals surface area (Å²) in [5, 5.41) is 2.79. The molecule has 0 aliphatic heterocycles. The van der Waals surface area contributed by atoms with E-state index in [2.05, 4.69) is 26.2 Å². The molecule has 120 valence electrons. The number of carbonyl (C=O) groups is 1. The van der Waals surface area contributed by atoms with E-state index in [4.69, 9.17) is 4.74 Å². The van der Waals surface area contributed by atoms with Gasteiger partial charge in [0.05, 0.1) is 0 Å². The van der Waals surface area contributed by atoms with Gasteiger partial charge in [-0.05, 0) is 42.0 Å². The maximum absolute atomic E-state index is 12.3. The molecule has 24 heavy (non-hydrogen) atoms. The van der Waals surface area contributed by atoms with Crippen molar-refractivity contribution in [2.45, 2.75) is 6.61 Å². The van der Waals surface area contributed by atoms with Crippen molar-refractivity contribution < 1.29 is 9.53 Å². The molecule has 0 bridgehead atoms. The molecule has 0 unspecified atom stereocenters. The van der Waals surface area contributed by atoms with Crippen LogP contribution in [-0.2, 0) is 6.61 Å². The second-order valence-corrected chi connectivity index (χ2v) is 6.00. The molecule has 1 aromatic heterocycles. The van der Waals surface area contributed by atoms with Gasteiger partial charge in [0, 0.05) is 16.2 Å². The molecule has 0 atom stereocenters. The van der Waals surface area contributed by atoms with Gasteiger partial charge in [-0.3, -0.25) is 4.79 Å². The van der Waals surface area contributed by atoms with Crippen molar-refractivity contribution in [3.8, 4) is 5.75 Å². The molecule has 3 aromatic rings. The second kappa shape index (κ2) is 7.75. The van der Waals surface area contributed by atoms with Gasteiger partial charge >= 0.3 is 0 Å². The first kappa shape index (κ1) is 16.2. The van der Waals surface area contributed by atoms with E-state index >= 15 is 0 Å². The summed E-state index contributed by atoms with van der Waals surface area (Å²) in [6.45, 7) is 0.410. The van der Waals surface area contributed by atoms with Crippen molar-refractivity contribution >= 4 is 27.7 Å². The number of anilines is 1. The van der Waals surface area contributed by atoms with Gasteiger partial charge in [0.25, 0.3) is 5.91 Å². The first-order chi connectivity index (χ1) is 11.7. The number of rotatable bonds is 5. The Kier molecular flexibility index (Phi) is 5.23. The molecule has 5 heteroatoms. The van der Waals surface area contributed by atoms with Crippen LogP contribution in [0.15, 0.2) is 77.4 Å². The maximum atomic E-state index is 12.3. The summed E-state index contributed by atoms with van der Waals surface area (Å²) in [5.74, 6) is 0.707. The lowest BCUT2D eigenvalue weighted by atomic mass is 10.2. The highest BCUT2D eigenvalue weighted by molar-refractivity contribution is 9.10. The van der Waals surface area contributed by atoms with Crippen molar-refractivity contribution in [1.29, 1.82) is 0 Å². The zero-order valence-corrected chi connectivity index (χ0v) is 14.4. The summed E-state index contributed by atoms with van der Waals surface area (Å²) in [5.41, 5.74) is 1.60. The number of ether oxygens (including phenoxy) is 1. The number of amides is 1. The number of hydrogen-bond acceptors (Lipinski definition) is 3. The van der Waals surface area contributed by atoms with Crippen LogP contribution in [0.5, 0.6) is 5.75 Å². The van der Waals surface area contributed by atoms with Crippen LogP contribution in [0, 0.1) is 0 Å². The largest absolute Gasteiger partial charge is 0.485 e. The van der Waals surface area contributed by atoms with Crippen molar-refractivity contribution in [3.05, 3.63) is 88.5 Å². The third-order valence-electron chi connectivity index (χ3n) is 3.35. The Balaban J connectivity index is 1.71. The highest BCUT2D eigenvalue weighted by Gasteiger charge is 2.11. The molecule has 1 heterocycles. The summed E-state index contributed by atoms with van der Waals surface area (Å²) in [6.07, 6.45) is 1.62. The minimum atomic E-state index is -0.231. The number of hydrogen-bond donors (Lipinski definition) is 1. The lowest BCUT2D eigenvalue weighted by molar-refractivity contribution is 0.102. The van der Waals surface area contributed by atoms with Gasteiger partial charge in [-0.25, -0.2) is 4.98 Å². The smallest absolute Gasteiger partial charge is 0.256 e. The van der Waals surface area contributed by atoms with E-state index in [1.54, 1.807) is 30.5 Å². The summed E-state index contributed by atoms with van der Waals surface area (Å²) in [4.78, 5) is 16.5. The molecule has 1 amide bonds. The monoisotopic (exact) mass is 382 g/mol. The molecule has 1 N–H and O–H groups in total. The minimum absolute atomic E-state index is 0.231. The number of carbonyl (C=O) groups excluding carboxylic acids is 1. The van der Waals surface area contributed by atoms with Gasteiger partial charge in [0.1, 0.15) is 6.61 Å². The normalized spacial score (nSPS) is 10.2. The zero-order valence-electron chi connectivity index (χ0n) is 12.8. The van der Waals surface area contributed by atoms with E-state index in [1.165, 1.54) is 0 Å². The number of aromatic nitrogens is 1. The SMILES string of the molecule is O=C(Nc1ncccc1OCc1ccccc1)c1ccc(Br)cc1. The maximum Gasteiger partial charge on any atom is 0.256 e. The van der Waals surface area contributed by atoms with Gasteiger partial charge in [-0.15, -0.1) is 0 Å². The number of nitrogens with zero attached hydrogens (tertiary/aromatic N) is 1. The van der Waals surface area contributed by atoms with Gasteiger partial charge in [0.15, 0.2) is 11.6 Å². The fourth-order valence-corrected chi connectivity index (χ4v) is 2.38. The Morgan fingerprint density at radius 2 is 1.75 bits per heavy atom. The fraction of sp³-hybridized carbons (Fsp3) is 0.0526. The molecule has 2 aromatic carbocycles. The number of benzene rings is 2. The van der Waals surface area contributed by atoms with Gasteiger partial charge in [0.2, 0.25) is 0 Å². The predicted octanol–water partition coefficient (Wildman–Crippen LogP) is 4.68. The molecular formula is C19H15BrN2O2. The fourth-order valence-electron chi connectivity index (χ4n) is 2.12. The van der Waals surface area contributed by atoms with E-state index in [0.29, 0.717) is 23.7 Å². The molecule has 3 rings (SSSR count). The van der Waals surface area contributed by atoms with Gasteiger partial charge in [-0.1, -0.05) is 46.3 Å². The van der Waals surface area contributed by atoms with E-state index in [-0.39, 0.29) is 5.91 Å². The van der Waals surface area contributed by atoms with Crippen LogP contribution < -0.4 is 10.1 Å². The van der Waals surface area contributed by atoms with Crippen LogP contribution in [0.2, 0.25) is 0 Å². The van der Waals surface area contributed by atoms with Crippen LogP contribution in [-0.4, -0.2) is 10.9 Å². The molecule has 0 saturated carbocycles. The third kappa shape index (κ3) is 4.20. The Morgan fingerprint density at radius 1 is 1.00 bits per heavy atom. The summed E-state index contributed by atoms with van der Waals surface area (Å²) in [7, 11) is 0. The van der Waals surface area contributed by atoms with Gasteiger partial charge in [-0.2, -0.15) is 0 Å². The van der Waals surface area contributed by atoms with Crippen molar-refractivity contribution in [2.75, 3.05) is 5.32 Å². The van der Waals surface area contributed by atoms with Crippen molar-refractivity contribution in [2.24, 2.45) is 0 Å². The van der Waals surface area contributed by atoms with E-state index in [1.807, 2.05) is 42.5 Å². The highest BCUT2D eigenvalue weighted by atomic mass is 79.9. The van der Waals surface area contributed by atoms with Crippen LogP contribution in [0.25, 0.3) is 0 Å². The number of nitrogens with one attached hydrogen (secondary N) is 1. The Labute approximate surface area is 148 Å². The van der Waals surface area contributed by atoms with Crippen LogP contribution >= 0.6 is 15.9 Å². The molecule has 0 fully saturated rings. The Hall–Kier alpha value is -2.66. The minimum Gasteiger partial charge on any atom is -0.485 e. The molecule has 0 aliphatic rings. The quantitative estimate of drug-likeness (QED) is 0.696. The first-order valence-corrected chi connectivity index (χ1v) is 8.20. The molecule has 4 nitrogen and oxygen atoms in total. The standard InChI is InChI=1S/C19H15BrN2O2/c20-16-10-8-15(9-11-16)19(23)22-18-17(7-4-12-21-18)24-13-14-5-2-1-3-6-14/h1-12H,13H2,(H,21,22,23). The molecule has 0 spiro atoms. The molecule has 0 saturated heterocycles. The third-order valence-corrected chi connectivity index (χ3v) is 3.87. The number of pyridine rings is 1. The highest BCUT2D eigenvalue weighted by Crippen LogP contribution is 2.23. The summed E-state index contributed by atoms with van der Waals surface area (Å²) in [6, 6.07) is 20.5. The zero-order chi connectivity index (χ0) is 16.8. The molecule has 0 radical (unpaired) electrons. The lowest BCUT2D eigenvalue weighted by Gasteiger charge is -2.11. The van der Waals surface area contributed by atoms with E-state index in [9.17, 15) is 4.79 Å². The number of halogens is 1. The Morgan fingerprint density at radius 3 is 2.50 bits per heavy atom. The topological polar surface area (TPSA) is 51.2 Å². The summed E-state index contributed by atoms with van der Waals surface area (Å²) >= 11 is 3.35. The van der Waals surface area contributed by atoms with Crippen molar-refractivity contribution in [3.63, 3.8) is 0 Å². The van der Waals surface area contributed by atoms with Crippen molar-refractivity contribution in [1.82, 2.24) is 4.98 Å². The predicted molar refractivity (Wildman–Crippen MR) is 97.1 cm³/mol. The average molecular weight is 383 g/mol. The van der Waals surface area contributed by atoms with E-state index in [0.717, 1.165) is 10.0 Å². The molecular weight excluding hydrogens is 368 g/mol. The summed E-state index contributed by atoms with van der Waals surface area (Å²) < 4.78 is 6.71. The average Bonchev–Trinajstić information content (AvgIpc) is 2.62. The van der Waals surface area contributed by atoms with Crippen LogP contribution in [0.4, 0.5) is 5.82 Å². The first-order valence-electron chi connectivity index (χ1n) is 7.41. The van der Waals surface area contributed by atoms with Gasteiger partial charge < -0.3 is 10.1 Å². The second-order valence-electron chi connectivity index (χ2n) is 5.09. The van der Waals surface area contributed by atoms with E-state index < -0.39 is 0 Å². The van der Waals surface area contributed by atoms with Crippen LogP contribution in [0.3, 0.4) is 0 Å². The lowest BCUT2D eigenvalue weighted by Crippen LogP contribution is -2.14. The Bertz CT molecular complexity index is 820. The molecule has 0 aliphatic carbocycles.